The lowest BCUT2D eigenvalue weighted by Gasteiger charge is -2.32. The van der Waals surface area contributed by atoms with Gasteiger partial charge in [0.25, 0.3) is 11.5 Å². The highest BCUT2D eigenvalue weighted by molar-refractivity contribution is 8.26. The van der Waals surface area contributed by atoms with Gasteiger partial charge < -0.3 is 4.90 Å². The smallest absolute Gasteiger partial charge is 0.270 e. The van der Waals surface area contributed by atoms with E-state index in [4.69, 9.17) is 12.2 Å². The fourth-order valence-corrected chi connectivity index (χ4v) is 5.83. The quantitative estimate of drug-likeness (QED) is 0.535. The van der Waals surface area contributed by atoms with E-state index in [1.807, 2.05) is 31.7 Å². The standard InChI is InChI=1S/C19H22N4O2S3/c1-11(2)23-18(25)15(28-19(23)26)9-13-12(3)14(10-20)17(24)21(4)16(13)22-5-7-27-8-6-22/h9,11H,5-8H2,1-4H3/b15-9-. The van der Waals surface area contributed by atoms with Crippen LogP contribution in [0.5, 0.6) is 0 Å². The second-order valence-corrected chi connectivity index (χ2v) is 9.86. The van der Waals surface area contributed by atoms with Gasteiger partial charge in [-0.3, -0.25) is 19.1 Å². The molecule has 1 amide bonds. The van der Waals surface area contributed by atoms with E-state index in [1.54, 1.807) is 24.9 Å². The molecule has 0 saturated carbocycles. The van der Waals surface area contributed by atoms with Crippen molar-refractivity contribution in [2.75, 3.05) is 29.5 Å². The minimum absolute atomic E-state index is 0.0205. The van der Waals surface area contributed by atoms with Crippen molar-refractivity contribution in [3.8, 4) is 6.07 Å². The van der Waals surface area contributed by atoms with Gasteiger partial charge in [0.1, 0.15) is 21.8 Å². The van der Waals surface area contributed by atoms with Crippen molar-refractivity contribution in [3.63, 3.8) is 0 Å². The molecule has 0 bridgehead atoms. The molecule has 6 nitrogen and oxygen atoms in total. The van der Waals surface area contributed by atoms with Crippen LogP contribution >= 0.6 is 35.7 Å². The van der Waals surface area contributed by atoms with Crippen molar-refractivity contribution < 1.29 is 4.79 Å². The number of carbonyl (C=O) groups excluding carboxylic acids is 1. The van der Waals surface area contributed by atoms with Gasteiger partial charge in [-0.1, -0.05) is 24.0 Å². The van der Waals surface area contributed by atoms with Gasteiger partial charge in [-0.25, -0.2) is 0 Å². The first kappa shape index (κ1) is 21.0. The third-order valence-electron chi connectivity index (χ3n) is 4.89. The molecule has 0 spiro atoms. The second kappa shape index (κ2) is 8.31. The highest BCUT2D eigenvalue weighted by Crippen LogP contribution is 2.36. The van der Waals surface area contributed by atoms with Gasteiger partial charge in [0.2, 0.25) is 0 Å². The zero-order chi connectivity index (χ0) is 20.6. The van der Waals surface area contributed by atoms with Gasteiger partial charge in [0.05, 0.1) is 4.91 Å². The maximum atomic E-state index is 12.9. The Hall–Kier alpha value is -1.76. The van der Waals surface area contributed by atoms with E-state index in [9.17, 15) is 14.9 Å². The summed E-state index contributed by atoms with van der Waals surface area (Å²) >= 11 is 8.53. The van der Waals surface area contributed by atoms with E-state index in [0.717, 1.165) is 36.0 Å². The topological polar surface area (TPSA) is 69.3 Å². The fraction of sp³-hybridized carbons (Fsp3) is 0.474. The Morgan fingerprint density at radius 2 is 1.89 bits per heavy atom. The van der Waals surface area contributed by atoms with Crippen LogP contribution in [-0.2, 0) is 11.8 Å². The van der Waals surface area contributed by atoms with Crippen LogP contribution in [0, 0.1) is 18.3 Å². The lowest BCUT2D eigenvalue weighted by Crippen LogP contribution is -2.38. The van der Waals surface area contributed by atoms with Gasteiger partial charge in [-0.15, -0.1) is 0 Å². The molecule has 0 radical (unpaired) electrons. The van der Waals surface area contributed by atoms with Crippen LogP contribution in [0.25, 0.3) is 6.08 Å². The first-order valence-electron chi connectivity index (χ1n) is 9.01. The molecule has 0 unspecified atom stereocenters. The summed E-state index contributed by atoms with van der Waals surface area (Å²) in [5.41, 5.74) is 1.16. The maximum absolute atomic E-state index is 12.9. The van der Waals surface area contributed by atoms with E-state index in [1.165, 1.54) is 16.3 Å². The molecule has 3 heterocycles. The van der Waals surface area contributed by atoms with Crippen LogP contribution in [0.4, 0.5) is 5.82 Å². The van der Waals surface area contributed by atoms with E-state index in [2.05, 4.69) is 4.90 Å². The minimum atomic E-state index is -0.305. The largest absolute Gasteiger partial charge is 0.356 e. The van der Waals surface area contributed by atoms with Crippen molar-refractivity contribution >= 4 is 57.9 Å². The molecule has 2 aliphatic rings. The average Bonchev–Trinajstić information content (AvgIpc) is 2.94. The van der Waals surface area contributed by atoms with Gasteiger partial charge in [-0.05, 0) is 32.4 Å². The summed E-state index contributed by atoms with van der Waals surface area (Å²) in [6, 6.07) is 2.01. The number of rotatable bonds is 3. The molecular formula is C19H22N4O2S3. The highest BCUT2D eigenvalue weighted by atomic mass is 32.2. The van der Waals surface area contributed by atoms with Crippen molar-refractivity contribution in [3.05, 3.63) is 31.9 Å². The Labute approximate surface area is 178 Å². The SMILES string of the molecule is Cc1c(/C=C2\SC(=S)N(C(C)C)C2=O)c(N2CCSCC2)n(C)c(=O)c1C#N. The zero-order valence-corrected chi connectivity index (χ0v) is 18.8. The van der Waals surface area contributed by atoms with Crippen molar-refractivity contribution in [1.82, 2.24) is 9.47 Å². The van der Waals surface area contributed by atoms with Crippen LogP contribution in [0.1, 0.15) is 30.5 Å². The summed E-state index contributed by atoms with van der Waals surface area (Å²) in [6.45, 7) is 7.26. The molecule has 28 heavy (non-hydrogen) atoms. The zero-order valence-electron chi connectivity index (χ0n) is 16.3. The summed E-state index contributed by atoms with van der Waals surface area (Å²) in [5, 5.41) is 9.52. The number of amides is 1. The predicted molar refractivity (Wildman–Crippen MR) is 121 cm³/mol. The van der Waals surface area contributed by atoms with Crippen LogP contribution in [0.15, 0.2) is 9.70 Å². The maximum Gasteiger partial charge on any atom is 0.270 e. The Balaban J connectivity index is 2.21. The molecule has 2 saturated heterocycles. The Kier molecular flexibility index (Phi) is 6.22. The summed E-state index contributed by atoms with van der Waals surface area (Å²) in [7, 11) is 1.69. The first-order valence-corrected chi connectivity index (χ1v) is 11.4. The van der Waals surface area contributed by atoms with Gasteiger partial charge >= 0.3 is 0 Å². The second-order valence-electron chi connectivity index (χ2n) is 6.96. The molecule has 0 aromatic carbocycles. The number of thioether (sulfide) groups is 2. The number of nitriles is 1. The number of carbonyl (C=O) groups is 1. The molecule has 2 fully saturated rings. The van der Waals surface area contributed by atoms with Crippen LogP contribution in [-0.4, -0.2) is 50.3 Å². The van der Waals surface area contributed by atoms with E-state index in [0.29, 0.717) is 14.8 Å². The first-order chi connectivity index (χ1) is 13.3. The normalized spacial score (nSPS) is 19.1. The molecule has 2 aliphatic heterocycles. The molecule has 0 atom stereocenters. The van der Waals surface area contributed by atoms with Gasteiger partial charge in [-0.2, -0.15) is 17.0 Å². The highest BCUT2D eigenvalue weighted by Gasteiger charge is 2.34. The number of nitrogens with zero attached hydrogens (tertiary/aromatic N) is 4. The number of hydrogen-bond donors (Lipinski definition) is 0. The number of anilines is 1. The van der Waals surface area contributed by atoms with E-state index in [-0.39, 0.29) is 23.1 Å². The lowest BCUT2D eigenvalue weighted by molar-refractivity contribution is -0.123. The average molecular weight is 435 g/mol. The van der Waals surface area contributed by atoms with Crippen LogP contribution in [0.3, 0.4) is 0 Å². The Bertz CT molecular complexity index is 969. The number of thiocarbonyl (C=S) groups is 1. The molecular weight excluding hydrogens is 412 g/mol. The molecule has 3 rings (SSSR count). The third kappa shape index (κ3) is 3.61. The Morgan fingerprint density at radius 3 is 2.43 bits per heavy atom. The molecule has 0 N–H and O–H groups in total. The van der Waals surface area contributed by atoms with E-state index >= 15 is 0 Å². The summed E-state index contributed by atoms with van der Waals surface area (Å²) < 4.78 is 2.07. The minimum Gasteiger partial charge on any atom is -0.356 e. The molecule has 0 aliphatic carbocycles. The van der Waals surface area contributed by atoms with Crippen LogP contribution in [0.2, 0.25) is 0 Å². The van der Waals surface area contributed by atoms with Crippen LogP contribution < -0.4 is 10.5 Å². The van der Waals surface area contributed by atoms with Crippen molar-refractivity contribution in [1.29, 1.82) is 5.26 Å². The van der Waals surface area contributed by atoms with Gasteiger partial charge in [0, 0.05) is 43.2 Å². The van der Waals surface area contributed by atoms with Crippen molar-refractivity contribution in [2.45, 2.75) is 26.8 Å². The fourth-order valence-electron chi connectivity index (χ4n) is 3.43. The molecule has 9 heteroatoms. The van der Waals surface area contributed by atoms with Crippen molar-refractivity contribution in [2.24, 2.45) is 7.05 Å². The molecule has 1 aromatic rings. The predicted octanol–water partition coefficient (Wildman–Crippen LogP) is 2.73. The Morgan fingerprint density at radius 1 is 1.25 bits per heavy atom. The number of hydrogen-bond acceptors (Lipinski definition) is 7. The summed E-state index contributed by atoms with van der Waals surface area (Å²) in [6.07, 6.45) is 1.80. The number of pyridine rings is 1. The summed E-state index contributed by atoms with van der Waals surface area (Å²) in [4.78, 5) is 29.9. The molecule has 148 valence electrons. The summed E-state index contributed by atoms with van der Waals surface area (Å²) in [5.74, 6) is 2.58. The van der Waals surface area contributed by atoms with Gasteiger partial charge in [0.15, 0.2) is 0 Å². The monoisotopic (exact) mass is 434 g/mol. The molecule has 1 aromatic heterocycles. The number of aromatic nitrogens is 1. The van der Waals surface area contributed by atoms with E-state index < -0.39 is 0 Å². The third-order valence-corrected chi connectivity index (χ3v) is 7.17. The lowest BCUT2D eigenvalue weighted by atomic mass is 10.0.